The summed E-state index contributed by atoms with van der Waals surface area (Å²) in [5.41, 5.74) is 3.69. The molecule has 0 spiro atoms. The average Bonchev–Trinajstić information content (AvgIpc) is 3.22. The minimum Gasteiger partial charge on any atom is -0.344 e. The second kappa shape index (κ2) is 10.4. The number of carbonyl (C=O) groups is 1. The molecule has 2 aromatic carbocycles. The van der Waals surface area contributed by atoms with E-state index in [-0.39, 0.29) is 17.5 Å². The lowest BCUT2D eigenvalue weighted by molar-refractivity contribution is -0.119. The molecule has 1 N–H and O–H groups in total. The Morgan fingerprint density at radius 2 is 1.82 bits per heavy atom. The molecule has 0 aliphatic rings. The maximum atomic E-state index is 13.9. The molecule has 2 aromatic heterocycles. The van der Waals surface area contributed by atoms with E-state index in [2.05, 4.69) is 27.4 Å². The van der Waals surface area contributed by atoms with Gasteiger partial charge in [0.2, 0.25) is 5.91 Å². The first-order chi connectivity index (χ1) is 16.0. The lowest BCUT2D eigenvalue weighted by Gasteiger charge is -2.20. The number of hydrogen-bond acceptors (Lipinski definition) is 5. The van der Waals surface area contributed by atoms with Crippen molar-refractivity contribution in [3.63, 3.8) is 0 Å². The highest BCUT2D eigenvalue weighted by atomic mass is 32.2. The van der Waals surface area contributed by atoms with E-state index >= 15 is 0 Å². The van der Waals surface area contributed by atoms with E-state index in [1.165, 1.54) is 29.5 Å². The van der Waals surface area contributed by atoms with Gasteiger partial charge in [-0.3, -0.25) is 9.78 Å². The van der Waals surface area contributed by atoms with Gasteiger partial charge in [0.15, 0.2) is 11.0 Å². The highest BCUT2D eigenvalue weighted by molar-refractivity contribution is 7.99. The predicted molar refractivity (Wildman–Crippen MR) is 127 cm³/mol. The Kier molecular flexibility index (Phi) is 7.14. The van der Waals surface area contributed by atoms with Crippen molar-refractivity contribution >= 4 is 17.7 Å². The van der Waals surface area contributed by atoms with Gasteiger partial charge in [-0.15, -0.1) is 10.2 Å². The lowest BCUT2D eigenvalue weighted by Crippen LogP contribution is -2.30. The topological polar surface area (TPSA) is 72.7 Å². The fraction of sp³-hybridized carbons (Fsp3) is 0.200. The van der Waals surface area contributed by atoms with E-state index in [0.717, 1.165) is 17.5 Å². The SMILES string of the molecule is CCc1ccc([C@@H](NC(=O)CSc2nnc(-c3ccncc3)n2C)c2cccc(F)c2)cc1. The van der Waals surface area contributed by atoms with Crippen LogP contribution in [0.1, 0.15) is 29.7 Å². The fourth-order valence-corrected chi connectivity index (χ4v) is 4.24. The van der Waals surface area contributed by atoms with E-state index in [9.17, 15) is 9.18 Å². The van der Waals surface area contributed by atoms with Crippen molar-refractivity contribution in [1.29, 1.82) is 0 Å². The van der Waals surface area contributed by atoms with Crippen molar-refractivity contribution in [1.82, 2.24) is 25.1 Å². The summed E-state index contributed by atoms with van der Waals surface area (Å²) in [5, 5.41) is 12.1. The van der Waals surface area contributed by atoms with Crippen molar-refractivity contribution in [2.75, 3.05) is 5.75 Å². The van der Waals surface area contributed by atoms with Crippen LogP contribution in [-0.4, -0.2) is 31.4 Å². The minimum absolute atomic E-state index is 0.154. The molecule has 33 heavy (non-hydrogen) atoms. The molecule has 2 heterocycles. The molecule has 0 fully saturated rings. The molecule has 168 valence electrons. The summed E-state index contributed by atoms with van der Waals surface area (Å²) in [7, 11) is 1.86. The molecular formula is C25H24FN5OS. The maximum absolute atomic E-state index is 13.9. The average molecular weight is 462 g/mol. The molecule has 1 amide bonds. The largest absolute Gasteiger partial charge is 0.344 e. The van der Waals surface area contributed by atoms with Crippen LogP contribution in [0.5, 0.6) is 0 Å². The number of hydrogen-bond donors (Lipinski definition) is 1. The quantitative estimate of drug-likeness (QED) is 0.389. The highest BCUT2D eigenvalue weighted by Crippen LogP contribution is 2.25. The van der Waals surface area contributed by atoms with Gasteiger partial charge in [-0.2, -0.15) is 0 Å². The smallest absolute Gasteiger partial charge is 0.231 e. The van der Waals surface area contributed by atoms with Gasteiger partial charge in [0.25, 0.3) is 0 Å². The normalized spacial score (nSPS) is 11.8. The molecule has 4 rings (SSSR count). The summed E-state index contributed by atoms with van der Waals surface area (Å²) < 4.78 is 15.8. The number of benzene rings is 2. The van der Waals surface area contributed by atoms with Crippen LogP contribution in [0.2, 0.25) is 0 Å². The van der Waals surface area contributed by atoms with Crippen molar-refractivity contribution in [2.24, 2.45) is 7.05 Å². The van der Waals surface area contributed by atoms with Gasteiger partial charge >= 0.3 is 0 Å². The van der Waals surface area contributed by atoms with Crippen LogP contribution in [0.3, 0.4) is 0 Å². The van der Waals surface area contributed by atoms with Gasteiger partial charge in [0.1, 0.15) is 5.82 Å². The number of amides is 1. The summed E-state index contributed by atoms with van der Waals surface area (Å²) >= 11 is 1.30. The second-order valence-corrected chi connectivity index (χ2v) is 8.48. The zero-order valence-corrected chi connectivity index (χ0v) is 19.2. The molecule has 0 saturated carbocycles. The molecule has 0 aliphatic carbocycles. The Morgan fingerprint density at radius 1 is 1.06 bits per heavy atom. The van der Waals surface area contributed by atoms with Gasteiger partial charge in [0, 0.05) is 25.0 Å². The van der Waals surface area contributed by atoms with E-state index in [0.29, 0.717) is 16.5 Å². The first kappa shape index (κ1) is 22.7. The molecule has 1 atom stereocenters. The Labute approximate surface area is 196 Å². The van der Waals surface area contributed by atoms with Crippen molar-refractivity contribution in [3.8, 4) is 11.4 Å². The molecule has 0 aliphatic heterocycles. The Hall–Kier alpha value is -3.52. The number of halogens is 1. The van der Waals surface area contributed by atoms with E-state index in [1.54, 1.807) is 18.5 Å². The Morgan fingerprint density at radius 3 is 2.52 bits per heavy atom. The van der Waals surface area contributed by atoms with Crippen LogP contribution in [0.15, 0.2) is 78.2 Å². The van der Waals surface area contributed by atoms with E-state index in [1.807, 2.05) is 54.1 Å². The van der Waals surface area contributed by atoms with Gasteiger partial charge in [-0.05, 0) is 47.4 Å². The number of thioether (sulfide) groups is 1. The number of aryl methyl sites for hydroxylation is 1. The number of carbonyl (C=O) groups excluding carboxylic acids is 1. The first-order valence-corrected chi connectivity index (χ1v) is 11.6. The third-order valence-corrected chi connectivity index (χ3v) is 6.33. The van der Waals surface area contributed by atoms with Crippen LogP contribution in [0.25, 0.3) is 11.4 Å². The standard InChI is InChI=1S/C25H24FN5OS/c1-3-17-7-9-18(10-8-17)23(20-5-4-6-21(26)15-20)28-22(32)16-33-25-30-29-24(31(25)2)19-11-13-27-14-12-19/h4-15,23H,3,16H2,1-2H3,(H,28,32)/t23-/m1/s1. The molecule has 0 bridgehead atoms. The van der Waals surface area contributed by atoms with Crippen LogP contribution < -0.4 is 5.32 Å². The van der Waals surface area contributed by atoms with Crippen LogP contribution in [0.4, 0.5) is 4.39 Å². The molecule has 8 heteroatoms. The zero-order chi connectivity index (χ0) is 23.2. The summed E-state index contributed by atoms with van der Waals surface area (Å²) in [6.45, 7) is 2.09. The number of nitrogens with zero attached hydrogens (tertiary/aromatic N) is 4. The number of aromatic nitrogens is 4. The second-order valence-electron chi connectivity index (χ2n) is 7.54. The Bertz CT molecular complexity index is 1230. The fourth-order valence-electron chi connectivity index (χ4n) is 3.52. The third kappa shape index (κ3) is 5.46. The van der Waals surface area contributed by atoms with Crippen LogP contribution >= 0.6 is 11.8 Å². The van der Waals surface area contributed by atoms with Gasteiger partial charge in [0.05, 0.1) is 11.8 Å². The molecule has 6 nitrogen and oxygen atoms in total. The summed E-state index contributed by atoms with van der Waals surface area (Å²) in [6.07, 6.45) is 4.32. The molecule has 0 unspecified atom stereocenters. The molecule has 4 aromatic rings. The third-order valence-electron chi connectivity index (χ3n) is 5.31. The zero-order valence-electron chi connectivity index (χ0n) is 18.4. The monoisotopic (exact) mass is 461 g/mol. The number of rotatable bonds is 8. The van der Waals surface area contributed by atoms with Crippen molar-refractivity contribution in [2.45, 2.75) is 24.5 Å². The number of pyridine rings is 1. The summed E-state index contributed by atoms with van der Waals surface area (Å²) in [6, 6.07) is 17.6. The first-order valence-electron chi connectivity index (χ1n) is 10.6. The minimum atomic E-state index is -0.452. The van der Waals surface area contributed by atoms with Crippen LogP contribution in [-0.2, 0) is 18.3 Å². The lowest BCUT2D eigenvalue weighted by atomic mass is 9.97. The van der Waals surface area contributed by atoms with E-state index in [4.69, 9.17) is 0 Å². The van der Waals surface area contributed by atoms with Gasteiger partial charge in [-0.25, -0.2) is 4.39 Å². The number of nitrogens with one attached hydrogen (secondary N) is 1. The molecule has 0 saturated heterocycles. The van der Waals surface area contributed by atoms with Gasteiger partial charge in [-0.1, -0.05) is 55.1 Å². The summed E-state index contributed by atoms with van der Waals surface area (Å²) in [4.78, 5) is 16.9. The van der Waals surface area contributed by atoms with Crippen molar-refractivity contribution < 1.29 is 9.18 Å². The van der Waals surface area contributed by atoms with Gasteiger partial charge < -0.3 is 9.88 Å². The van der Waals surface area contributed by atoms with Crippen molar-refractivity contribution in [3.05, 3.63) is 95.6 Å². The summed E-state index contributed by atoms with van der Waals surface area (Å²) in [5.74, 6) is 0.339. The highest BCUT2D eigenvalue weighted by Gasteiger charge is 2.19. The van der Waals surface area contributed by atoms with Crippen LogP contribution in [0, 0.1) is 5.82 Å². The molecule has 0 radical (unpaired) electrons. The van der Waals surface area contributed by atoms with E-state index < -0.39 is 6.04 Å². The predicted octanol–water partition coefficient (Wildman–Crippen LogP) is 4.58. The Balaban J connectivity index is 1.49. The maximum Gasteiger partial charge on any atom is 0.231 e. The molecular weight excluding hydrogens is 437 g/mol.